The summed E-state index contributed by atoms with van der Waals surface area (Å²) < 4.78 is 31.7. The zero-order chi connectivity index (χ0) is 14.6. The van der Waals surface area contributed by atoms with Gasteiger partial charge in [0, 0.05) is 25.7 Å². The van der Waals surface area contributed by atoms with E-state index < -0.39 is 10.0 Å². The first-order chi connectivity index (χ1) is 10.1. The molecule has 6 nitrogen and oxygen atoms in total. The van der Waals surface area contributed by atoms with Crippen LogP contribution in [0.2, 0.25) is 0 Å². The molecule has 1 saturated carbocycles. The van der Waals surface area contributed by atoms with E-state index >= 15 is 0 Å². The molecule has 2 saturated heterocycles. The van der Waals surface area contributed by atoms with Crippen molar-refractivity contribution < 1.29 is 17.6 Å². The molecule has 1 amide bonds. The Hall–Kier alpha value is -1.34. The van der Waals surface area contributed by atoms with Gasteiger partial charge in [-0.15, -0.1) is 0 Å². The van der Waals surface area contributed by atoms with Crippen molar-refractivity contribution >= 4 is 15.9 Å². The summed E-state index contributed by atoms with van der Waals surface area (Å²) in [5, 5.41) is -0.175. The maximum absolute atomic E-state index is 12.4. The minimum absolute atomic E-state index is 0.0618. The standard InChI is InChI=1S/C14H18N2O4S/c17-14(13-2-1-5-20-13)15-7-10-6-11(9-15)16(8-10)21(18,19)12-3-4-12/h1-2,5,10-12H,3-4,6-9H2. The third-order valence-corrected chi connectivity index (χ3v) is 7.07. The number of nitrogens with zero attached hydrogens (tertiary/aromatic N) is 2. The van der Waals surface area contributed by atoms with Crippen molar-refractivity contribution in [3.63, 3.8) is 0 Å². The SMILES string of the molecule is O=C(c1ccco1)N1CC2CC(C1)N(S(=O)(=O)C1CC1)C2. The largest absolute Gasteiger partial charge is 0.459 e. The molecule has 3 fully saturated rings. The number of hydrogen-bond acceptors (Lipinski definition) is 4. The fourth-order valence-electron chi connectivity index (χ4n) is 3.51. The summed E-state index contributed by atoms with van der Waals surface area (Å²) in [5.41, 5.74) is 0. The average Bonchev–Trinajstić information content (AvgIpc) is 3.11. The van der Waals surface area contributed by atoms with Gasteiger partial charge >= 0.3 is 0 Å². The normalized spacial score (nSPS) is 29.8. The fraction of sp³-hybridized carbons (Fsp3) is 0.643. The molecule has 2 unspecified atom stereocenters. The summed E-state index contributed by atoms with van der Waals surface area (Å²) in [4.78, 5) is 14.1. The van der Waals surface area contributed by atoms with Crippen molar-refractivity contribution in [2.24, 2.45) is 5.92 Å². The molecule has 1 aromatic rings. The Morgan fingerprint density at radius 3 is 2.71 bits per heavy atom. The highest BCUT2D eigenvalue weighted by atomic mass is 32.2. The monoisotopic (exact) mass is 310 g/mol. The summed E-state index contributed by atoms with van der Waals surface area (Å²) in [5.74, 6) is 0.435. The maximum Gasteiger partial charge on any atom is 0.289 e. The van der Waals surface area contributed by atoms with Crippen molar-refractivity contribution in [1.82, 2.24) is 9.21 Å². The lowest BCUT2D eigenvalue weighted by Gasteiger charge is -2.32. The molecule has 7 heteroatoms. The molecular formula is C14H18N2O4S. The van der Waals surface area contributed by atoms with Crippen LogP contribution >= 0.6 is 0 Å². The predicted molar refractivity (Wildman–Crippen MR) is 75.2 cm³/mol. The molecule has 0 N–H and O–H groups in total. The maximum atomic E-state index is 12.4. The fourth-order valence-corrected chi connectivity index (χ4v) is 5.61. The Balaban J connectivity index is 1.53. The molecule has 0 radical (unpaired) electrons. The van der Waals surface area contributed by atoms with Gasteiger partial charge < -0.3 is 9.32 Å². The van der Waals surface area contributed by atoms with Crippen LogP contribution in [0.1, 0.15) is 29.8 Å². The lowest BCUT2D eigenvalue weighted by Crippen LogP contribution is -2.46. The van der Waals surface area contributed by atoms with Gasteiger partial charge in [-0.1, -0.05) is 0 Å². The molecule has 3 aliphatic rings. The van der Waals surface area contributed by atoms with E-state index in [0.717, 1.165) is 19.3 Å². The van der Waals surface area contributed by atoms with Crippen LogP contribution < -0.4 is 0 Å². The first-order valence-corrected chi connectivity index (χ1v) is 8.89. The zero-order valence-electron chi connectivity index (χ0n) is 11.6. The van der Waals surface area contributed by atoms with E-state index in [1.165, 1.54) is 6.26 Å². The number of carbonyl (C=O) groups is 1. The van der Waals surface area contributed by atoms with Gasteiger partial charge in [-0.2, -0.15) is 4.31 Å². The van der Waals surface area contributed by atoms with Crippen LogP contribution in [0, 0.1) is 5.92 Å². The number of sulfonamides is 1. The number of amides is 1. The summed E-state index contributed by atoms with van der Waals surface area (Å²) in [6.45, 7) is 1.65. The van der Waals surface area contributed by atoms with E-state index in [4.69, 9.17) is 4.42 Å². The van der Waals surface area contributed by atoms with Crippen LogP contribution in [0.25, 0.3) is 0 Å². The van der Waals surface area contributed by atoms with Gasteiger partial charge in [0.25, 0.3) is 5.91 Å². The molecule has 3 heterocycles. The van der Waals surface area contributed by atoms with Crippen LogP contribution in [-0.2, 0) is 10.0 Å². The second kappa shape index (κ2) is 4.58. The molecule has 2 bridgehead atoms. The minimum Gasteiger partial charge on any atom is -0.459 e. The third kappa shape index (κ3) is 2.19. The zero-order valence-corrected chi connectivity index (χ0v) is 12.5. The van der Waals surface area contributed by atoms with E-state index in [1.54, 1.807) is 21.3 Å². The number of fused-ring (bicyclic) bond motifs is 2. The molecule has 114 valence electrons. The van der Waals surface area contributed by atoms with Crippen molar-refractivity contribution in [2.75, 3.05) is 19.6 Å². The Labute approximate surface area is 123 Å². The number of hydrogen-bond donors (Lipinski definition) is 0. The number of carbonyl (C=O) groups excluding carboxylic acids is 1. The second-order valence-corrected chi connectivity index (χ2v) is 8.42. The van der Waals surface area contributed by atoms with Gasteiger partial charge in [-0.05, 0) is 37.3 Å². The molecule has 0 spiro atoms. The Morgan fingerprint density at radius 2 is 2.05 bits per heavy atom. The average molecular weight is 310 g/mol. The van der Waals surface area contributed by atoms with Crippen molar-refractivity contribution in [3.8, 4) is 0 Å². The van der Waals surface area contributed by atoms with Crippen LogP contribution in [0.4, 0.5) is 0 Å². The minimum atomic E-state index is -3.15. The third-order valence-electron chi connectivity index (χ3n) is 4.65. The Bertz CT molecular complexity index is 651. The van der Waals surface area contributed by atoms with E-state index in [0.29, 0.717) is 25.4 Å². The van der Waals surface area contributed by atoms with E-state index in [1.807, 2.05) is 0 Å². The second-order valence-electron chi connectivity index (χ2n) is 6.26. The molecule has 2 aliphatic heterocycles. The van der Waals surface area contributed by atoms with E-state index in [2.05, 4.69) is 0 Å². The molecule has 4 rings (SSSR count). The summed E-state index contributed by atoms with van der Waals surface area (Å²) in [6, 6.07) is 3.28. The summed E-state index contributed by atoms with van der Waals surface area (Å²) in [7, 11) is -3.15. The van der Waals surface area contributed by atoms with Gasteiger partial charge in [0.1, 0.15) is 0 Å². The van der Waals surface area contributed by atoms with Gasteiger partial charge in [-0.25, -0.2) is 8.42 Å². The predicted octanol–water partition coefficient (Wildman–Crippen LogP) is 0.918. The van der Waals surface area contributed by atoms with Crippen molar-refractivity contribution in [3.05, 3.63) is 24.2 Å². The lowest BCUT2D eigenvalue weighted by atomic mass is 10.00. The molecular weight excluding hydrogens is 292 g/mol. The van der Waals surface area contributed by atoms with Crippen LogP contribution in [0.5, 0.6) is 0 Å². The number of likely N-dealkylation sites (tertiary alicyclic amines) is 1. The Kier molecular flexibility index (Phi) is 2.91. The van der Waals surface area contributed by atoms with Crippen molar-refractivity contribution in [2.45, 2.75) is 30.6 Å². The number of piperidine rings is 1. The summed E-state index contributed by atoms with van der Waals surface area (Å²) >= 11 is 0. The first kappa shape index (κ1) is 13.3. The van der Waals surface area contributed by atoms with Crippen molar-refractivity contribution in [1.29, 1.82) is 0 Å². The quantitative estimate of drug-likeness (QED) is 0.832. The first-order valence-electron chi connectivity index (χ1n) is 7.39. The molecule has 1 aromatic heterocycles. The molecule has 1 aliphatic carbocycles. The molecule has 0 aromatic carbocycles. The van der Waals surface area contributed by atoms with Gasteiger partial charge in [0.2, 0.25) is 10.0 Å². The smallest absolute Gasteiger partial charge is 0.289 e. The Morgan fingerprint density at radius 1 is 1.24 bits per heavy atom. The molecule has 21 heavy (non-hydrogen) atoms. The highest BCUT2D eigenvalue weighted by Gasteiger charge is 2.49. The van der Waals surface area contributed by atoms with Gasteiger partial charge in [-0.3, -0.25) is 4.79 Å². The highest BCUT2D eigenvalue weighted by molar-refractivity contribution is 7.90. The van der Waals surface area contributed by atoms with Crippen LogP contribution in [-0.4, -0.2) is 54.5 Å². The molecule has 2 atom stereocenters. The topological polar surface area (TPSA) is 70.8 Å². The van der Waals surface area contributed by atoms with Crippen LogP contribution in [0.3, 0.4) is 0 Å². The van der Waals surface area contributed by atoms with Crippen LogP contribution in [0.15, 0.2) is 22.8 Å². The lowest BCUT2D eigenvalue weighted by molar-refractivity contribution is 0.0651. The van der Waals surface area contributed by atoms with Gasteiger partial charge in [0.15, 0.2) is 5.76 Å². The van der Waals surface area contributed by atoms with E-state index in [-0.39, 0.29) is 23.1 Å². The number of furan rings is 1. The van der Waals surface area contributed by atoms with Gasteiger partial charge in [0.05, 0.1) is 11.5 Å². The highest BCUT2D eigenvalue weighted by Crippen LogP contribution is 2.38. The van der Waals surface area contributed by atoms with E-state index in [9.17, 15) is 13.2 Å². The number of rotatable bonds is 3. The summed E-state index contributed by atoms with van der Waals surface area (Å²) in [6.07, 6.45) is 3.92.